The van der Waals surface area contributed by atoms with Crippen LogP contribution in [0.1, 0.15) is 44.6 Å². The molecule has 0 heterocycles. The van der Waals surface area contributed by atoms with Crippen LogP contribution in [-0.2, 0) is 6.42 Å². The third kappa shape index (κ3) is 3.74. The molecule has 0 bridgehead atoms. The van der Waals surface area contributed by atoms with Gasteiger partial charge in [0.05, 0.1) is 6.10 Å². The molecule has 1 N–H and O–H groups in total. The lowest BCUT2D eigenvalue weighted by molar-refractivity contribution is 0.0413. The number of aryl methyl sites for hydroxylation is 1. The fourth-order valence-electron chi connectivity index (χ4n) is 2.69. The first-order valence-electron chi connectivity index (χ1n) is 7.19. The summed E-state index contributed by atoms with van der Waals surface area (Å²) in [7, 11) is 0. The van der Waals surface area contributed by atoms with E-state index in [0.717, 1.165) is 25.0 Å². The minimum absolute atomic E-state index is 0.310. The molecule has 100 valence electrons. The van der Waals surface area contributed by atoms with Gasteiger partial charge in [-0.2, -0.15) is 0 Å². The van der Waals surface area contributed by atoms with Gasteiger partial charge in [-0.15, -0.1) is 0 Å². The first-order chi connectivity index (χ1) is 8.79. The maximum Gasteiger partial charge on any atom is 0.119 e. The molecule has 1 aliphatic carbocycles. The van der Waals surface area contributed by atoms with Crippen LogP contribution in [0.5, 0.6) is 5.75 Å². The Labute approximate surface area is 110 Å². The highest BCUT2D eigenvalue weighted by molar-refractivity contribution is 5.28. The standard InChI is InChI=1S/C16H24O2/c1-2-13-7-6-10-15(11-13)18-12-16(17)14-8-4-3-5-9-14/h6-7,10-11,14,16-17H,2-5,8-9,12H2,1H3. The molecule has 18 heavy (non-hydrogen) atoms. The van der Waals surface area contributed by atoms with Crippen LogP contribution in [0.3, 0.4) is 0 Å². The zero-order valence-electron chi connectivity index (χ0n) is 11.3. The fourth-order valence-corrected chi connectivity index (χ4v) is 2.69. The monoisotopic (exact) mass is 248 g/mol. The summed E-state index contributed by atoms with van der Waals surface area (Å²) >= 11 is 0. The van der Waals surface area contributed by atoms with Gasteiger partial charge in [0.15, 0.2) is 0 Å². The van der Waals surface area contributed by atoms with Gasteiger partial charge >= 0.3 is 0 Å². The number of aliphatic hydroxyl groups excluding tert-OH is 1. The predicted octanol–water partition coefficient (Wildman–Crippen LogP) is 3.57. The number of aliphatic hydroxyl groups is 1. The Morgan fingerprint density at radius 3 is 2.78 bits per heavy atom. The summed E-state index contributed by atoms with van der Waals surface area (Å²) in [5.74, 6) is 1.32. The van der Waals surface area contributed by atoms with Crippen molar-refractivity contribution in [3.05, 3.63) is 29.8 Å². The predicted molar refractivity (Wildman–Crippen MR) is 73.9 cm³/mol. The highest BCUT2D eigenvalue weighted by atomic mass is 16.5. The molecule has 1 aromatic carbocycles. The van der Waals surface area contributed by atoms with E-state index >= 15 is 0 Å². The summed E-state index contributed by atoms with van der Waals surface area (Å²) in [6.07, 6.45) is 6.85. The van der Waals surface area contributed by atoms with Crippen molar-refractivity contribution < 1.29 is 9.84 Å². The second-order valence-electron chi connectivity index (χ2n) is 5.28. The molecular formula is C16H24O2. The Kier molecular flexibility index (Phi) is 5.06. The Morgan fingerprint density at radius 1 is 1.28 bits per heavy atom. The van der Waals surface area contributed by atoms with Gasteiger partial charge in [-0.1, -0.05) is 38.3 Å². The van der Waals surface area contributed by atoms with Crippen LogP contribution in [0.2, 0.25) is 0 Å². The third-order valence-electron chi connectivity index (χ3n) is 3.92. The summed E-state index contributed by atoms with van der Waals surface area (Å²) in [5.41, 5.74) is 1.28. The van der Waals surface area contributed by atoms with Crippen molar-refractivity contribution in [2.24, 2.45) is 5.92 Å². The normalized spacial score (nSPS) is 18.6. The maximum atomic E-state index is 10.1. The molecule has 0 aliphatic heterocycles. The molecule has 0 amide bonds. The van der Waals surface area contributed by atoms with Crippen molar-refractivity contribution in [2.75, 3.05) is 6.61 Å². The highest BCUT2D eigenvalue weighted by Gasteiger charge is 2.22. The van der Waals surface area contributed by atoms with Gasteiger partial charge in [-0.25, -0.2) is 0 Å². The number of rotatable bonds is 5. The molecule has 1 aliphatic rings. The van der Waals surface area contributed by atoms with E-state index < -0.39 is 0 Å². The third-order valence-corrected chi connectivity index (χ3v) is 3.92. The lowest BCUT2D eigenvalue weighted by Gasteiger charge is -2.26. The summed E-state index contributed by atoms with van der Waals surface area (Å²) in [6, 6.07) is 8.14. The number of benzene rings is 1. The van der Waals surface area contributed by atoms with Crippen molar-refractivity contribution in [1.82, 2.24) is 0 Å². The topological polar surface area (TPSA) is 29.5 Å². The number of ether oxygens (including phenoxy) is 1. The second-order valence-corrected chi connectivity index (χ2v) is 5.28. The van der Waals surface area contributed by atoms with E-state index in [9.17, 15) is 5.11 Å². The molecule has 0 radical (unpaired) electrons. The van der Waals surface area contributed by atoms with Gasteiger partial charge in [0.25, 0.3) is 0 Å². The van der Waals surface area contributed by atoms with Crippen molar-refractivity contribution in [2.45, 2.75) is 51.6 Å². The molecule has 0 aromatic heterocycles. The minimum Gasteiger partial charge on any atom is -0.491 e. The number of hydrogen-bond acceptors (Lipinski definition) is 2. The summed E-state index contributed by atoms with van der Waals surface area (Å²) in [4.78, 5) is 0. The first kappa shape index (κ1) is 13.4. The summed E-state index contributed by atoms with van der Waals surface area (Å²) in [6.45, 7) is 2.56. The number of hydrogen-bond donors (Lipinski definition) is 1. The molecular weight excluding hydrogens is 224 g/mol. The quantitative estimate of drug-likeness (QED) is 0.863. The van der Waals surface area contributed by atoms with Gasteiger partial charge in [0, 0.05) is 0 Å². The molecule has 2 nitrogen and oxygen atoms in total. The van der Waals surface area contributed by atoms with Crippen LogP contribution in [0, 0.1) is 5.92 Å². The summed E-state index contributed by atoms with van der Waals surface area (Å²) in [5, 5.41) is 10.1. The molecule has 1 fully saturated rings. The van der Waals surface area contributed by atoms with Gasteiger partial charge in [0.1, 0.15) is 12.4 Å². The Morgan fingerprint density at radius 2 is 2.06 bits per heavy atom. The van der Waals surface area contributed by atoms with E-state index in [2.05, 4.69) is 19.1 Å². The van der Waals surface area contributed by atoms with Crippen LogP contribution >= 0.6 is 0 Å². The minimum atomic E-state index is -0.310. The SMILES string of the molecule is CCc1cccc(OCC(O)C2CCCCC2)c1. The lowest BCUT2D eigenvalue weighted by Crippen LogP contribution is -2.28. The molecule has 0 spiro atoms. The van der Waals surface area contributed by atoms with Gasteiger partial charge in [0.2, 0.25) is 0 Å². The van der Waals surface area contributed by atoms with Crippen LogP contribution < -0.4 is 4.74 Å². The van der Waals surface area contributed by atoms with Crippen LogP contribution in [-0.4, -0.2) is 17.8 Å². The van der Waals surface area contributed by atoms with E-state index in [4.69, 9.17) is 4.74 Å². The first-order valence-corrected chi connectivity index (χ1v) is 7.19. The van der Waals surface area contributed by atoms with Crippen molar-refractivity contribution in [1.29, 1.82) is 0 Å². The smallest absolute Gasteiger partial charge is 0.119 e. The molecule has 2 rings (SSSR count). The average molecular weight is 248 g/mol. The Hall–Kier alpha value is -1.02. The van der Waals surface area contributed by atoms with E-state index in [-0.39, 0.29) is 6.10 Å². The van der Waals surface area contributed by atoms with E-state index in [1.54, 1.807) is 0 Å². The van der Waals surface area contributed by atoms with Gasteiger partial charge < -0.3 is 9.84 Å². The molecule has 1 atom stereocenters. The fraction of sp³-hybridized carbons (Fsp3) is 0.625. The zero-order valence-corrected chi connectivity index (χ0v) is 11.3. The van der Waals surface area contributed by atoms with Crippen LogP contribution in [0.25, 0.3) is 0 Å². The lowest BCUT2D eigenvalue weighted by atomic mass is 9.85. The molecule has 0 saturated heterocycles. The Bertz CT molecular complexity index is 356. The molecule has 1 aromatic rings. The van der Waals surface area contributed by atoms with E-state index in [0.29, 0.717) is 12.5 Å². The Balaban J connectivity index is 1.82. The maximum absolute atomic E-state index is 10.1. The van der Waals surface area contributed by atoms with Crippen molar-refractivity contribution in [3.63, 3.8) is 0 Å². The molecule has 1 unspecified atom stereocenters. The zero-order chi connectivity index (χ0) is 12.8. The van der Waals surface area contributed by atoms with Gasteiger partial charge in [-0.3, -0.25) is 0 Å². The van der Waals surface area contributed by atoms with Crippen LogP contribution in [0.15, 0.2) is 24.3 Å². The second kappa shape index (κ2) is 6.79. The van der Waals surface area contributed by atoms with E-state index in [1.165, 1.54) is 24.8 Å². The van der Waals surface area contributed by atoms with E-state index in [1.807, 2.05) is 12.1 Å². The van der Waals surface area contributed by atoms with Gasteiger partial charge in [-0.05, 0) is 42.9 Å². The van der Waals surface area contributed by atoms with Crippen molar-refractivity contribution in [3.8, 4) is 5.75 Å². The largest absolute Gasteiger partial charge is 0.491 e. The molecule has 2 heteroatoms. The van der Waals surface area contributed by atoms with Crippen molar-refractivity contribution >= 4 is 0 Å². The van der Waals surface area contributed by atoms with Crippen LogP contribution in [0.4, 0.5) is 0 Å². The molecule has 1 saturated carbocycles. The average Bonchev–Trinajstić information content (AvgIpc) is 2.46. The summed E-state index contributed by atoms with van der Waals surface area (Å²) < 4.78 is 5.71. The highest BCUT2D eigenvalue weighted by Crippen LogP contribution is 2.27.